The summed E-state index contributed by atoms with van der Waals surface area (Å²) in [5.74, 6) is -2.45. The van der Waals surface area contributed by atoms with Gasteiger partial charge in [-0.05, 0) is 48.9 Å². The van der Waals surface area contributed by atoms with Gasteiger partial charge in [0.05, 0.1) is 10.9 Å². The van der Waals surface area contributed by atoms with Gasteiger partial charge < -0.3 is 5.32 Å². The second kappa shape index (κ2) is 6.43. The van der Waals surface area contributed by atoms with Crippen molar-refractivity contribution in [3.8, 4) is 0 Å². The van der Waals surface area contributed by atoms with Crippen molar-refractivity contribution in [3.63, 3.8) is 0 Å². The third-order valence-electron chi connectivity index (χ3n) is 3.24. The van der Waals surface area contributed by atoms with Gasteiger partial charge in [0.2, 0.25) is 10.0 Å². The molecule has 0 aliphatic rings. The summed E-state index contributed by atoms with van der Waals surface area (Å²) in [5, 5.41) is 7.58. The predicted octanol–water partition coefficient (Wildman–Crippen LogP) is 2.10. The Kier molecular flexibility index (Phi) is 4.76. The first-order valence-corrected chi connectivity index (χ1v) is 8.12. The zero-order chi connectivity index (χ0) is 17.2. The lowest BCUT2D eigenvalue weighted by atomic mass is 10.1. The lowest BCUT2D eigenvalue weighted by Gasteiger charge is -2.14. The van der Waals surface area contributed by atoms with Crippen LogP contribution < -0.4 is 10.5 Å². The normalized spacial score (nSPS) is 12.7. The number of hydrogen-bond donors (Lipinski definition) is 2. The van der Waals surface area contributed by atoms with Gasteiger partial charge in [0.25, 0.3) is 5.91 Å². The van der Waals surface area contributed by atoms with Gasteiger partial charge in [-0.3, -0.25) is 4.79 Å². The number of amides is 1. The third kappa shape index (κ3) is 4.11. The van der Waals surface area contributed by atoms with Crippen LogP contribution in [-0.2, 0) is 10.0 Å². The Balaban J connectivity index is 2.13. The Hall–Kier alpha value is -2.32. The molecule has 1 atom stereocenters. The fraction of sp³-hybridized carbons (Fsp3) is 0.133. The van der Waals surface area contributed by atoms with Crippen molar-refractivity contribution >= 4 is 15.9 Å². The standard InChI is InChI=1S/C15H14F2N2O3S/c1-9(11-4-7-13(16)14(17)8-11)19-15(20)10-2-5-12(6-3-10)23(18,21)22/h2-9H,1H3,(H,19,20)(H2,18,21,22)/t9-/m1/s1. The molecule has 0 spiro atoms. The monoisotopic (exact) mass is 340 g/mol. The fourth-order valence-electron chi connectivity index (χ4n) is 1.94. The Morgan fingerprint density at radius 1 is 1.09 bits per heavy atom. The number of primary sulfonamides is 1. The highest BCUT2D eigenvalue weighted by Gasteiger charge is 2.14. The van der Waals surface area contributed by atoms with E-state index in [9.17, 15) is 22.0 Å². The van der Waals surface area contributed by atoms with E-state index in [1.807, 2.05) is 0 Å². The highest BCUT2D eigenvalue weighted by atomic mass is 32.2. The summed E-state index contributed by atoms with van der Waals surface area (Å²) in [5.41, 5.74) is 0.616. The van der Waals surface area contributed by atoms with Gasteiger partial charge in [-0.15, -0.1) is 0 Å². The van der Waals surface area contributed by atoms with Crippen molar-refractivity contribution in [2.45, 2.75) is 17.9 Å². The highest BCUT2D eigenvalue weighted by Crippen LogP contribution is 2.17. The molecule has 23 heavy (non-hydrogen) atoms. The molecule has 0 bridgehead atoms. The maximum absolute atomic E-state index is 13.2. The quantitative estimate of drug-likeness (QED) is 0.893. The molecule has 2 rings (SSSR count). The third-order valence-corrected chi connectivity index (χ3v) is 4.17. The van der Waals surface area contributed by atoms with Gasteiger partial charge in [0.1, 0.15) is 0 Å². The number of halogens is 2. The van der Waals surface area contributed by atoms with Gasteiger partial charge in [0, 0.05) is 5.56 Å². The molecule has 0 saturated heterocycles. The number of sulfonamides is 1. The van der Waals surface area contributed by atoms with E-state index in [-0.39, 0.29) is 10.5 Å². The smallest absolute Gasteiger partial charge is 0.251 e. The summed E-state index contributed by atoms with van der Waals surface area (Å²) in [4.78, 5) is 12.0. The number of nitrogens with one attached hydrogen (secondary N) is 1. The molecule has 3 N–H and O–H groups in total. The van der Waals surface area contributed by atoms with Crippen LogP contribution >= 0.6 is 0 Å². The zero-order valence-corrected chi connectivity index (χ0v) is 12.9. The molecular weight excluding hydrogens is 326 g/mol. The number of carbonyl (C=O) groups is 1. The summed E-state index contributed by atoms with van der Waals surface area (Å²) >= 11 is 0. The fourth-order valence-corrected chi connectivity index (χ4v) is 2.46. The van der Waals surface area contributed by atoms with Crippen molar-refractivity contribution in [3.05, 3.63) is 65.2 Å². The minimum Gasteiger partial charge on any atom is -0.346 e. The predicted molar refractivity (Wildman–Crippen MR) is 80.1 cm³/mol. The minimum atomic E-state index is -3.83. The van der Waals surface area contributed by atoms with Crippen LogP contribution in [0.4, 0.5) is 8.78 Å². The number of hydrogen-bond acceptors (Lipinski definition) is 3. The van der Waals surface area contributed by atoms with Crippen LogP contribution in [0.5, 0.6) is 0 Å². The van der Waals surface area contributed by atoms with E-state index in [0.717, 1.165) is 12.1 Å². The minimum absolute atomic E-state index is 0.109. The van der Waals surface area contributed by atoms with Gasteiger partial charge in [-0.25, -0.2) is 22.3 Å². The van der Waals surface area contributed by atoms with E-state index >= 15 is 0 Å². The lowest BCUT2D eigenvalue weighted by Crippen LogP contribution is -2.26. The van der Waals surface area contributed by atoms with E-state index in [0.29, 0.717) is 5.56 Å². The summed E-state index contributed by atoms with van der Waals surface area (Å²) in [6.45, 7) is 1.61. The van der Waals surface area contributed by atoms with Crippen LogP contribution in [0.3, 0.4) is 0 Å². The van der Waals surface area contributed by atoms with Crippen LogP contribution in [0.1, 0.15) is 28.9 Å². The summed E-state index contributed by atoms with van der Waals surface area (Å²) < 4.78 is 48.4. The molecular formula is C15H14F2N2O3S. The Morgan fingerprint density at radius 2 is 1.70 bits per heavy atom. The molecule has 0 aliphatic carbocycles. The topological polar surface area (TPSA) is 89.3 Å². The number of nitrogens with two attached hydrogens (primary N) is 1. The molecule has 5 nitrogen and oxygen atoms in total. The van der Waals surface area contributed by atoms with Crippen molar-refractivity contribution < 1.29 is 22.0 Å². The van der Waals surface area contributed by atoms with E-state index in [1.54, 1.807) is 6.92 Å². The van der Waals surface area contributed by atoms with Crippen LogP contribution in [0.15, 0.2) is 47.4 Å². The molecule has 0 heterocycles. The summed E-state index contributed by atoms with van der Waals surface area (Å²) in [6, 6.07) is 7.85. The molecule has 1 amide bonds. The zero-order valence-electron chi connectivity index (χ0n) is 12.1. The average molecular weight is 340 g/mol. The van der Waals surface area contributed by atoms with Crippen LogP contribution in [0.25, 0.3) is 0 Å². The van der Waals surface area contributed by atoms with Gasteiger partial charge in [-0.1, -0.05) is 6.07 Å². The largest absolute Gasteiger partial charge is 0.346 e. The SMILES string of the molecule is C[C@@H](NC(=O)c1ccc(S(N)(=O)=O)cc1)c1ccc(F)c(F)c1. The van der Waals surface area contributed by atoms with Crippen molar-refractivity contribution in [2.75, 3.05) is 0 Å². The van der Waals surface area contributed by atoms with Crippen molar-refractivity contribution in [1.82, 2.24) is 5.32 Å². The van der Waals surface area contributed by atoms with Gasteiger partial charge in [0.15, 0.2) is 11.6 Å². The average Bonchev–Trinajstić information content (AvgIpc) is 2.49. The molecule has 0 aliphatic heterocycles. The molecule has 0 aromatic heterocycles. The van der Waals surface area contributed by atoms with Crippen molar-refractivity contribution in [1.29, 1.82) is 0 Å². The van der Waals surface area contributed by atoms with E-state index in [4.69, 9.17) is 5.14 Å². The molecule has 0 radical (unpaired) electrons. The first-order valence-electron chi connectivity index (χ1n) is 6.57. The molecule has 0 unspecified atom stereocenters. The Bertz CT molecular complexity index is 836. The Labute approximate surface area is 132 Å². The second-order valence-corrected chi connectivity index (χ2v) is 6.50. The first-order chi connectivity index (χ1) is 10.7. The second-order valence-electron chi connectivity index (χ2n) is 4.94. The van der Waals surface area contributed by atoms with E-state index in [2.05, 4.69) is 5.32 Å². The molecule has 0 fully saturated rings. The van der Waals surface area contributed by atoms with Crippen LogP contribution in [0, 0.1) is 11.6 Å². The summed E-state index contributed by atoms with van der Waals surface area (Å²) in [6.07, 6.45) is 0. The molecule has 2 aromatic carbocycles. The molecule has 2 aromatic rings. The number of carbonyl (C=O) groups excluding carboxylic acids is 1. The maximum atomic E-state index is 13.2. The van der Waals surface area contributed by atoms with E-state index in [1.165, 1.54) is 30.3 Å². The van der Waals surface area contributed by atoms with E-state index < -0.39 is 33.6 Å². The lowest BCUT2D eigenvalue weighted by molar-refractivity contribution is 0.0939. The summed E-state index contributed by atoms with van der Waals surface area (Å²) in [7, 11) is -3.83. The van der Waals surface area contributed by atoms with Gasteiger partial charge in [-0.2, -0.15) is 0 Å². The van der Waals surface area contributed by atoms with Crippen LogP contribution in [0.2, 0.25) is 0 Å². The number of benzene rings is 2. The van der Waals surface area contributed by atoms with Crippen LogP contribution in [-0.4, -0.2) is 14.3 Å². The molecule has 0 saturated carbocycles. The van der Waals surface area contributed by atoms with Gasteiger partial charge >= 0.3 is 0 Å². The Morgan fingerprint density at radius 3 is 2.22 bits per heavy atom. The highest BCUT2D eigenvalue weighted by molar-refractivity contribution is 7.89. The van der Waals surface area contributed by atoms with Crippen molar-refractivity contribution in [2.24, 2.45) is 5.14 Å². The first kappa shape index (κ1) is 17.0. The molecule has 8 heteroatoms. The maximum Gasteiger partial charge on any atom is 0.251 e. The molecule has 122 valence electrons. The number of rotatable bonds is 4.